The van der Waals surface area contributed by atoms with Gasteiger partial charge < -0.3 is 0 Å². The van der Waals surface area contributed by atoms with Gasteiger partial charge in [0.05, 0.1) is 22.8 Å². The van der Waals surface area contributed by atoms with Crippen LogP contribution >= 0.6 is 0 Å². The van der Waals surface area contributed by atoms with Gasteiger partial charge in [0, 0.05) is 20.4 Å². The third-order valence-electron chi connectivity index (χ3n) is 5.41. The first-order valence-corrected chi connectivity index (χ1v) is 12.1. The van der Waals surface area contributed by atoms with Crippen LogP contribution < -0.4 is 0 Å². The summed E-state index contributed by atoms with van der Waals surface area (Å²) in [5.41, 5.74) is 4.42. The van der Waals surface area contributed by atoms with Gasteiger partial charge >= 0.3 is 0 Å². The number of nitrogens with zero attached hydrogens (tertiary/aromatic N) is 2. The summed E-state index contributed by atoms with van der Waals surface area (Å²) in [6, 6.07) is 20.7. The van der Waals surface area contributed by atoms with Crippen LogP contribution in [0, 0.1) is 0 Å². The van der Waals surface area contributed by atoms with Crippen LogP contribution in [0.5, 0.6) is 0 Å². The molecule has 0 heterocycles. The van der Waals surface area contributed by atoms with E-state index in [0.717, 1.165) is 24.2 Å². The van der Waals surface area contributed by atoms with Crippen LogP contribution in [0.15, 0.2) is 70.6 Å². The SMILES string of the molecule is CCCCCCCCC(=N\c1ccccc1)/C(CCCCCC)=N/c1ccccc1.[Pd]. The Morgan fingerprint density at radius 1 is 0.516 bits per heavy atom. The molecule has 0 saturated heterocycles. The van der Waals surface area contributed by atoms with E-state index < -0.39 is 0 Å². The molecule has 0 aliphatic rings. The van der Waals surface area contributed by atoms with Gasteiger partial charge in [-0.15, -0.1) is 0 Å². The molecule has 0 amide bonds. The fraction of sp³-hybridized carbons (Fsp3) is 0.500. The predicted molar refractivity (Wildman–Crippen MR) is 134 cm³/mol. The van der Waals surface area contributed by atoms with Crippen molar-refractivity contribution in [2.45, 2.75) is 90.9 Å². The van der Waals surface area contributed by atoms with Gasteiger partial charge in [0.1, 0.15) is 0 Å². The third-order valence-corrected chi connectivity index (χ3v) is 5.41. The number of para-hydroxylation sites is 2. The van der Waals surface area contributed by atoms with Gasteiger partial charge in [0.15, 0.2) is 0 Å². The van der Waals surface area contributed by atoms with Gasteiger partial charge in [-0.1, -0.05) is 102 Å². The van der Waals surface area contributed by atoms with E-state index in [2.05, 4.69) is 74.5 Å². The van der Waals surface area contributed by atoms with E-state index in [4.69, 9.17) is 9.98 Å². The van der Waals surface area contributed by atoms with E-state index in [9.17, 15) is 0 Å². The normalized spacial score (nSPS) is 11.9. The first kappa shape index (κ1) is 27.5. The van der Waals surface area contributed by atoms with E-state index >= 15 is 0 Å². The molecule has 31 heavy (non-hydrogen) atoms. The van der Waals surface area contributed by atoms with Crippen LogP contribution in [-0.2, 0) is 20.4 Å². The zero-order chi connectivity index (χ0) is 21.3. The molecule has 172 valence electrons. The summed E-state index contributed by atoms with van der Waals surface area (Å²) in [7, 11) is 0. The molecule has 2 nitrogen and oxygen atoms in total. The summed E-state index contributed by atoms with van der Waals surface area (Å²) in [4.78, 5) is 10.1. The van der Waals surface area contributed by atoms with Gasteiger partial charge in [-0.25, -0.2) is 0 Å². The summed E-state index contributed by atoms with van der Waals surface area (Å²) in [6.07, 6.45) is 14.8. The van der Waals surface area contributed by atoms with Gasteiger partial charge in [0.25, 0.3) is 0 Å². The van der Waals surface area contributed by atoms with Gasteiger partial charge in [-0.3, -0.25) is 9.98 Å². The molecule has 0 N–H and O–H groups in total. The van der Waals surface area contributed by atoms with Gasteiger partial charge in [-0.05, 0) is 49.9 Å². The predicted octanol–water partition coefficient (Wildman–Crippen LogP) is 9.25. The second-order valence-electron chi connectivity index (χ2n) is 8.12. The minimum atomic E-state index is 0. The molecule has 0 unspecified atom stereocenters. The average Bonchev–Trinajstić information content (AvgIpc) is 2.79. The van der Waals surface area contributed by atoms with Crippen LogP contribution in [0.2, 0.25) is 0 Å². The van der Waals surface area contributed by atoms with Crippen molar-refractivity contribution in [3.63, 3.8) is 0 Å². The summed E-state index contributed by atoms with van der Waals surface area (Å²) in [5, 5.41) is 0. The van der Waals surface area contributed by atoms with Crippen molar-refractivity contribution < 1.29 is 20.4 Å². The molecule has 0 aliphatic carbocycles. The quantitative estimate of drug-likeness (QED) is 0.129. The number of unbranched alkanes of at least 4 members (excludes halogenated alkanes) is 8. The van der Waals surface area contributed by atoms with Crippen LogP contribution in [0.3, 0.4) is 0 Å². The molecule has 0 atom stereocenters. The second kappa shape index (κ2) is 18.1. The zero-order valence-electron chi connectivity index (χ0n) is 19.5. The molecule has 0 fully saturated rings. The molecular weight excluding hydrogens is 471 g/mol. The van der Waals surface area contributed by atoms with Crippen LogP contribution in [0.4, 0.5) is 11.4 Å². The molecule has 0 bridgehead atoms. The standard InChI is InChI=1S/C28H40N2.Pd/c1-3-5-7-9-10-18-24-28(30-26-21-15-12-16-22-26)27(23-17-8-6-4-2)29-25-19-13-11-14-20-25;/h11-16,19-22H,3-10,17-18,23-24H2,1-2H3;/b29-27+,30-28+;. The molecule has 2 aromatic carbocycles. The Balaban J connectivity index is 0.00000480. The number of hydrogen-bond acceptors (Lipinski definition) is 2. The van der Waals surface area contributed by atoms with Crippen molar-refractivity contribution in [1.29, 1.82) is 0 Å². The van der Waals surface area contributed by atoms with Crippen molar-refractivity contribution in [3.05, 3.63) is 60.7 Å². The Kier molecular flexibility index (Phi) is 16.0. The molecular formula is C28H40N2Pd. The topological polar surface area (TPSA) is 24.7 Å². The van der Waals surface area contributed by atoms with E-state index in [1.165, 1.54) is 75.6 Å². The maximum Gasteiger partial charge on any atom is 0.0633 e. The van der Waals surface area contributed by atoms with Crippen molar-refractivity contribution in [2.24, 2.45) is 9.98 Å². The number of rotatable bonds is 15. The third kappa shape index (κ3) is 12.2. The zero-order valence-corrected chi connectivity index (χ0v) is 21.0. The Bertz CT molecular complexity index is 738. The number of benzene rings is 2. The van der Waals surface area contributed by atoms with Crippen molar-refractivity contribution in [1.82, 2.24) is 0 Å². The minimum absolute atomic E-state index is 0. The Morgan fingerprint density at radius 3 is 1.29 bits per heavy atom. The smallest absolute Gasteiger partial charge is 0.0633 e. The molecule has 0 spiro atoms. The molecule has 0 radical (unpaired) electrons. The second-order valence-corrected chi connectivity index (χ2v) is 8.12. The summed E-state index contributed by atoms with van der Waals surface area (Å²) in [5.74, 6) is 0. The van der Waals surface area contributed by atoms with E-state index in [1.807, 2.05) is 0 Å². The molecule has 0 aromatic heterocycles. The Labute approximate surface area is 204 Å². The fourth-order valence-corrected chi connectivity index (χ4v) is 3.64. The summed E-state index contributed by atoms with van der Waals surface area (Å²) < 4.78 is 0. The van der Waals surface area contributed by atoms with E-state index in [0.29, 0.717) is 0 Å². The minimum Gasteiger partial charge on any atom is -0.252 e. The fourth-order valence-electron chi connectivity index (χ4n) is 3.64. The molecule has 2 aromatic rings. The van der Waals surface area contributed by atoms with E-state index in [1.54, 1.807) is 0 Å². The monoisotopic (exact) mass is 510 g/mol. The maximum atomic E-state index is 5.07. The van der Waals surface area contributed by atoms with Crippen LogP contribution in [0.25, 0.3) is 0 Å². The number of hydrogen-bond donors (Lipinski definition) is 0. The molecule has 0 aliphatic heterocycles. The average molecular weight is 511 g/mol. The van der Waals surface area contributed by atoms with Gasteiger partial charge in [0.2, 0.25) is 0 Å². The van der Waals surface area contributed by atoms with Crippen LogP contribution in [-0.4, -0.2) is 11.4 Å². The van der Waals surface area contributed by atoms with Crippen molar-refractivity contribution >= 4 is 22.8 Å². The van der Waals surface area contributed by atoms with Crippen molar-refractivity contribution in [3.8, 4) is 0 Å². The number of aliphatic imine (C=N–C) groups is 2. The Hall–Kier alpha value is -1.56. The van der Waals surface area contributed by atoms with Gasteiger partial charge in [-0.2, -0.15) is 0 Å². The first-order valence-electron chi connectivity index (χ1n) is 12.1. The Morgan fingerprint density at radius 2 is 0.871 bits per heavy atom. The van der Waals surface area contributed by atoms with Crippen molar-refractivity contribution in [2.75, 3.05) is 0 Å². The summed E-state index contributed by atoms with van der Waals surface area (Å²) in [6.45, 7) is 4.54. The maximum absolute atomic E-state index is 5.07. The first-order chi connectivity index (χ1) is 14.8. The molecule has 0 saturated carbocycles. The van der Waals surface area contributed by atoms with E-state index in [-0.39, 0.29) is 20.4 Å². The largest absolute Gasteiger partial charge is 0.252 e. The van der Waals surface area contributed by atoms with Crippen LogP contribution in [0.1, 0.15) is 90.9 Å². The molecule has 3 heteroatoms. The summed E-state index contributed by atoms with van der Waals surface area (Å²) >= 11 is 0. The molecule has 2 rings (SSSR count).